The van der Waals surface area contributed by atoms with Gasteiger partial charge in [0.1, 0.15) is 0 Å². The Balaban J connectivity index is 1.17. The lowest BCUT2D eigenvalue weighted by Crippen LogP contribution is -2.07. The van der Waals surface area contributed by atoms with Crippen LogP contribution in [0.15, 0.2) is 194 Å². The molecule has 270 valence electrons. The molecule has 0 bridgehead atoms. The number of nitrogens with zero attached hydrogens (tertiary/aromatic N) is 4. The van der Waals surface area contributed by atoms with E-state index in [1.807, 2.05) is 17.4 Å². The van der Waals surface area contributed by atoms with Crippen LogP contribution in [0.25, 0.3) is 115 Å². The summed E-state index contributed by atoms with van der Waals surface area (Å²) in [4.78, 5) is 16.0. The van der Waals surface area contributed by atoms with Crippen LogP contribution in [-0.2, 0) is 0 Å². The van der Waals surface area contributed by atoms with Gasteiger partial charge in [-0.2, -0.15) is 9.97 Å². The molecule has 9 aromatic carbocycles. The minimum atomic E-state index is 0.576. The van der Waals surface area contributed by atoms with Crippen molar-refractivity contribution in [3.63, 3.8) is 0 Å². The van der Waals surface area contributed by atoms with Crippen LogP contribution < -0.4 is 0 Å². The number of aromatic nitrogens is 4. The first-order chi connectivity index (χ1) is 28.7. The summed E-state index contributed by atoms with van der Waals surface area (Å²) in [6.45, 7) is 0. The molecule has 0 unspecified atom stereocenters. The maximum atomic E-state index is 5.40. The van der Waals surface area contributed by atoms with Crippen molar-refractivity contribution in [2.75, 3.05) is 0 Å². The molecule has 0 radical (unpaired) electrons. The van der Waals surface area contributed by atoms with Gasteiger partial charge in [0.25, 0.3) is 0 Å². The van der Waals surface area contributed by atoms with E-state index in [4.69, 9.17) is 15.0 Å². The van der Waals surface area contributed by atoms with Crippen molar-refractivity contribution in [1.29, 1.82) is 0 Å². The summed E-state index contributed by atoms with van der Waals surface area (Å²) in [5.41, 5.74) is 8.61. The molecule has 58 heavy (non-hydrogen) atoms. The number of hydrogen-bond acceptors (Lipinski definition) is 4. The summed E-state index contributed by atoms with van der Waals surface area (Å²) < 4.78 is 4.83. The van der Waals surface area contributed by atoms with E-state index in [-0.39, 0.29) is 0 Å². The molecule has 0 atom stereocenters. The van der Waals surface area contributed by atoms with E-state index in [1.54, 1.807) is 0 Å². The van der Waals surface area contributed by atoms with Crippen molar-refractivity contribution in [3.05, 3.63) is 194 Å². The van der Waals surface area contributed by atoms with Crippen molar-refractivity contribution in [3.8, 4) is 51.0 Å². The second-order valence-electron chi connectivity index (χ2n) is 14.8. The Morgan fingerprint density at radius 1 is 0.379 bits per heavy atom. The molecule has 0 spiro atoms. The molecule has 12 rings (SSSR count). The maximum Gasteiger partial charge on any atom is 0.238 e. The van der Waals surface area contributed by atoms with Crippen LogP contribution in [0.4, 0.5) is 0 Å². The standard InChI is InChI=1S/C53H32N4S/c1-2-12-33(13-3-1)35-24-27-37(28-25-35)51-54-52(39-29-26-34-14-4-5-16-38(34)32-39)56-53(55-51)57-46-31-30-36-15-6-7-17-40(36)48(46)45-22-10-19-42(49(45)57)44-21-11-20-43-41-18-8-9-23-47(41)58-50(43)44/h1-32H. The molecule has 0 aliphatic heterocycles. The van der Waals surface area contributed by atoms with Crippen molar-refractivity contribution < 1.29 is 0 Å². The summed E-state index contributed by atoms with van der Waals surface area (Å²) in [7, 11) is 0. The first kappa shape index (κ1) is 32.7. The number of benzene rings is 9. The van der Waals surface area contributed by atoms with Gasteiger partial charge in [-0.25, -0.2) is 4.98 Å². The Morgan fingerprint density at radius 3 is 1.83 bits per heavy atom. The number of rotatable bonds is 5. The first-order valence-corrected chi connectivity index (χ1v) is 20.3. The summed E-state index contributed by atoms with van der Waals surface area (Å²) >= 11 is 1.85. The zero-order chi connectivity index (χ0) is 38.2. The highest BCUT2D eigenvalue weighted by Gasteiger charge is 2.23. The minimum absolute atomic E-state index is 0.576. The maximum absolute atomic E-state index is 5.40. The molecule has 0 aliphatic carbocycles. The van der Waals surface area contributed by atoms with Crippen LogP contribution >= 0.6 is 11.3 Å². The largest absolute Gasteiger partial charge is 0.277 e. The topological polar surface area (TPSA) is 43.6 Å². The Morgan fingerprint density at radius 2 is 0.983 bits per heavy atom. The van der Waals surface area contributed by atoms with E-state index >= 15 is 0 Å². The zero-order valence-electron chi connectivity index (χ0n) is 31.2. The lowest BCUT2D eigenvalue weighted by Gasteiger charge is -2.14. The van der Waals surface area contributed by atoms with Crippen LogP contribution in [0.5, 0.6) is 0 Å². The lowest BCUT2D eigenvalue weighted by atomic mass is 9.98. The fourth-order valence-corrected chi connectivity index (χ4v) is 9.94. The minimum Gasteiger partial charge on any atom is -0.277 e. The monoisotopic (exact) mass is 756 g/mol. The van der Waals surface area contributed by atoms with Crippen molar-refractivity contribution in [2.45, 2.75) is 0 Å². The Hall–Kier alpha value is -7.47. The van der Waals surface area contributed by atoms with Gasteiger partial charge in [0, 0.05) is 53.2 Å². The van der Waals surface area contributed by atoms with E-state index < -0.39 is 0 Å². The second kappa shape index (κ2) is 13.1. The van der Waals surface area contributed by atoms with Gasteiger partial charge in [0.2, 0.25) is 5.95 Å². The SMILES string of the molecule is c1ccc(-c2ccc(-c3nc(-c4ccc5ccccc5c4)nc(-n4c5ccc6ccccc6c5c5cccc(-c6cccc7c6sc6ccccc67)c54)n3)cc2)cc1. The van der Waals surface area contributed by atoms with E-state index in [0.717, 1.165) is 44.1 Å². The summed E-state index contributed by atoms with van der Waals surface area (Å²) in [5, 5.41) is 9.58. The second-order valence-corrected chi connectivity index (χ2v) is 15.8. The average Bonchev–Trinajstić information content (AvgIpc) is 3.86. The average molecular weight is 757 g/mol. The normalized spacial score (nSPS) is 11.8. The molecular formula is C53H32N4S. The zero-order valence-corrected chi connectivity index (χ0v) is 32.0. The van der Waals surface area contributed by atoms with Crippen LogP contribution in [0, 0.1) is 0 Å². The summed E-state index contributed by atoms with van der Waals surface area (Å²) in [5.74, 6) is 1.82. The van der Waals surface area contributed by atoms with Crippen LogP contribution in [0.1, 0.15) is 0 Å². The van der Waals surface area contributed by atoms with Gasteiger partial charge in [-0.15, -0.1) is 11.3 Å². The lowest BCUT2D eigenvalue weighted by molar-refractivity contribution is 0.954. The molecule has 0 saturated carbocycles. The Labute approximate surface area is 338 Å². The summed E-state index contributed by atoms with van der Waals surface area (Å²) in [6, 6.07) is 69.1. The van der Waals surface area contributed by atoms with Gasteiger partial charge >= 0.3 is 0 Å². The molecule has 0 fully saturated rings. The van der Waals surface area contributed by atoms with Crippen LogP contribution in [0.3, 0.4) is 0 Å². The van der Waals surface area contributed by atoms with Gasteiger partial charge in [-0.1, -0.05) is 176 Å². The van der Waals surface area contributed by atoms with Crippen molar-refractivity contribution in [2.24, 2.45) is 0 Å². The van der Waals surface area contributed by atoms with Crippen molar-refractivity contribution >= 4 is 74.9 Å². The highest BCUT2D eigenvalue weighted by molar-refractivity contribution is 7.26. The third-order valence-electron chi connectivity index (χ3n) is 11.5. The van der Waals surface area contributed by atoms with Crippen LogP contribution in [-0.4, -0.2) is 19.5 Å². The molecule has 0 amide bonds. The third kappa shape index (κ3) is 5.18. The van der Waals surface area contributed by atoms with Gasteiger partial charge in [0.15, 0.2) is 11.6 Å². The van der Waals surface area contributed by atoms with Gasteiger partial charge in [-0.05, 0) is 50.9 Å². The van der Waals surface area contributed by atoms with E-state index in [1.165, 1.54) is 52.8 Å². The molecule has 0 N–H and O–H groups in total. The Bertz CT molecular complexity index is 3560. The predicted molar refractivity (Wildman–Crippen MR) is 244 cm³/mol. The summed E-state index contributed by atoms with van der Waals surface area (Å²) in [6.07, 6.45) is 0. The molecule has 0 aliphatic rings. The number of para-hydroxylation sites is 1. The third-order valence-corrected chi connectivity index (χ3v) is 12.7. The Kier molecular flexibility index (Phi) is 7.37. The number of fused-ring (bicyclic) bond motifs is 9. The fraction of sp³-hybridized carbons (Fsp3) is 0. The molecular weight excluding hydrogens is 725 g/mol. The number of hydrogen-bond donors (Lipinski definition) is 0. The van der Waals surface area contributed by atoms with Gasteiger partial charge < -0.3 is 0 Å². The fourth-order valence-electron chi connectivity index (χ4n) is 8.71. The van der Waals surface area contributed by atoms with Crippen molar-refractivity contribution in [1.82, 2.24) is 19.5 Å². The molecule has 12 aromatic rings. The first-order valence-electron chi connectivity index (χ1n) is 19.5. The molecule has 3 heterocycles. The van der Waals surface area contributed by atoms with Gasteiger partial charge in [0.05, 0.1) is 11.0 Å². The predicted octanol–water partition coefficient (Wildman–Crippen LogP) is 14.3. The highest BCUT2D eigenvalue weighted by Crippen LogP contribution is 2.45. The number of thiophene rings is 1. The molecule has 3 aromatic heterocycles. The van der Waals surface area contributed by atoms with E-state index in [0.29, 0.717) is 17.6 Å². The van der Waals surface area contributed by atoms with E-state index in [9.17, 15) is 0 Å². The quantitative estimate of drug-likeness (QED) is 0.176. The smallest absolute Gasteiger partial charge is 0.238 e. The van der Waals surface area contributed by atoms with Crippen LogP contribution in [0.2, 0.25) is 0 Å². The van der Waals surface area contributed by atoms with Gasteiger partial charge in [-0.3, -0.25) is 4.57 Å². The highest BCUT2D eigenvalue weighted by atomic mass is 32.1. The molecule has 5 heteroatoms. The van der Waals surface area contributed by atoms with E-state index in [2.05, 4.69) is 193 Å². The molecule has 4 nitrogen and oxygen atoms in total. The molecule has 0 saturated heterocycles.